The van der Waals surface area contributed by atoms with Crippen molar-refractivity contribution in [2.24, 2.45) is 16.8 Å². The Labute approximate surface area is 243 Å². The summed E-state index contributed by atoms with van der Waals surface area (Å²) in [5.41, 5.74) is 1.15. The minimum atomic E-state index is -0.983. The number of carbonyl (C=O) groups excluding carboxylic acids is 3. The van der Waals surface area contributed by atoms with Crippen molar-refractivity contribution in [1.82, 2.24) is 20.2 Å². The quantitative estimate of drug-likeness (QED) is 0.282. The SMILES string of the molecule is COC(=O)C1C(C)=NC(C)=C(C(=O)NC(C(=O)N2CCN(c3ncccn3)CC2)C(C)C)C1c1cccc([N+](=O)[O-])c1. The fourth-order valence-electron chi connectivity index (χ4n) is 5.47. The van der Waals surface area contributed by atoms with E-state index < -0.39 is 34.7 Å². The lowest BCUT2D eigenvalue weighted by molar-refractivity contribution is -0.384. The van der Waals surface area contributed by atoms with Gasteiger partial charge in [0.15, 0.2) is 0 Å². The van der Waals surface area contributed by atoms with Crippen LogP contribution in [0.5, 0.6) is 0 Å². The number of carbonyl (C=O) groups is 3. The summed E-state index contributed by atoms with van der Waals surface area (Å²) in [6, 6.07) is 6.72. The number of aliphatic imine (C=N–C) groups is 1. The zero-order chi connectivity index (χ0) is 30.6. The lowest BCUT2D eigenvalue weighted by Crippen LogP contribution is -2.57. The summed E-state index contributed by atoms with van der Waals surface area (Å²) < 4.78 is 5.05. The number of aromatic nitrogens is 2. The molecule has 0 spiro atoms. The standard InChI is InChI=1S/C29H35N7O6/c1-17(2)25(27(38)34-12-14-35(15-13-34)29-30-10-7-11-31-29)33-26(37)22-18(3)32-19(4)23(28(39)42-5)24(22)20-8-6-9-21(16-20)36(40)41/h6-11,16-17,23-25H,12-15H2,1-5H3,(H,33,37). The normalized spacial score (nSPS) is 19.7. The molecule has 13 heteroatoms. The van der Waals surface area contributed by atoms with Crippen LogP contribution in [-0.4, -0.2) is 82.6 Å². The summed E-state index contributed by atoms with van der Waals surface area (Å²) >= 11 is 0. The maximum Gasteiger partial charge on any atom is 0.315 e. The topological polar surface area (TPSA) is 160 Å². The Bertz CT molecular complexity index is 1420. The van der Waals surface area contributed by atoms with Gasteiger partial charge in [-0.15, -0.1) is 0 Å². The molecule has 42 heavy (non-hydrogen) atoms. The summed E-state index contributed by atoms with van der Waals surface area (Å²) in [4.78, 5) is 68.4. The number of allylic oxidation sites excluding steroid dienone is 1. The van der Waals surface area contributed by atoms with Gasteiger partial charge in [0.25, 0.3) is 5.69 Å². The maximum atomic E-state index is 14.0. The van der Waals surface area contributed by atoms with Crippen LogP contribution in [0.1, 0.15) is 39.2 Å². The second-order valence-electron chi connectivity index (χ2n) is 10.6. The monoisotopic (exact) mass is 577 g/mol. The molecule has 222 valence electrons. The second kappa shape index (κ2) is 12.9. The lowest BCUT2D eigenvalue weighted by atomic mass is 9.75. The molecule has 0 radical (unpaired) electrons. The van der Waals surface area contributed by atoms with Gasteiger partial charge in [-0.2, -0.15) is 0 Å². The van der Waals surface area contributed by atoms with Gasteiger partial charge in [0.1, 0.15) is 12.0 Å². The van der Waals surface area contributed by atoms with E-state index in [0.717, 1.165) is 0 Å². The molecular formula is C29H35N7O6. The maximum absolute atomic E-state index is 14.0. The number of nitro groups is 1. The molecule has 1 fully saturated rings. The molecule has 0 aliphatic carbocycles. The number of ether oxygens (including phenoxy) is 1. The third-order valence-electron chi connectivity index (χ3n) is 7.61. The molecule has 1 N–H and O–H groups in total. The summed E-state index contributed by atoms with van der Waals surface area (Å²) in [7, 11) is 1.24. The Morgan fingerprint density at radius 3 is 2.33 bits per heavy atom. The Balaban J connectivity index is 1.61. The van der Waals surface area contributed by atoms with Crippen molar-refractivity contribution in [3.8, 4) is 0 Å². The number of hydrogen-bond donors (Lipinski definition) is 1. The first kappa shape index (κ1) is 30.3. The minimum absolute atomic E-state index is 0.154. The fourth-order valence-corrected chi connectivity index (χ4v) is 5.47. The fraction of sp³-hybridized carbons (Fsp3) is 0.448. The molecule has 1 saturated heterocycles. The van der Waals surface area contributed by atoms with E-state index in [1.54, 1.807) is 43.3 Å². The molecule has 2 amide bonds. The Morgan fingerprint density at radius 2 is 1.74 bits per heavy atom. The third-order valence-corrected chi connectivity index (χ3v) is 7.61. The zero-order valence-corrected chi connectivity index (χ0v) is 24.3. The van der Waals surface area contributed by atoms with E-state index >= 15 is 0 Å². The van der Waals surface area contributed by atoms with Crippen molar-refractivity contribution in [2.75, 3.05) is 38.2 Å². The van der Waals surface area contributed by atoms with Crippen LogP contribution in [0.4, 0.5) is 11.6 Å². The highest BCUT2D eigenvalue weighted by Crippen LogP contribution is 2.40. The highest BCUT2D eigenvalue weighted by molar-refractivity contribution is 6.08. The van der Waals surface area contributed by atoms with Crippen LogP contribution in [0.15, 0.2) is 59.0 Å². The van der Waals surface area contributed by atoms with Crippen LogP contribution >= 0.6 is 0 Å². The molecule has 0 bridgehead atoms. The minimum Gasteiger partial charge on any atom is -0.468 e. The molecule has 3 atom stereocenters. The number of piperazine rings is 1. The first-order valence-corrected chi connectivity index (χ1v) is 13.7. The zero-order valence-electron chi connectivity index (χ0n) is 24.3. The van der Waals surface area contributed by atoms with Crippen LogP contribution in [0.2, 0.25) is 0 Å². The van der Waals surface area contributed by atoms with Crippen molar-refractivity contribution < 1.29 is 24.0 Å². The van der Waals surface area contributed by atoms with Crippen LogP contribution in [0.25, 0.3) is 0 Å². The van der Waals surface area contributed by atoms with Crippen molar-refractivity contribution in [3.05, 3.63) is 69.7 Å². The van der Waals surface area contributed by atoms with Gasteiger partial charge in [-0.05, 0) is 31.4 Å². The largest absolute Gasteiger partial charge is 0.468 e. The highest BCUT2D eigenvalue weighted by atomic mass is 16.6. The van der Waals surface area contributed by atoms with Gasteiger partial charge in [-0.1, -0.05) is 26.0 Å². The number of esters is 1. The predicted molar refractivity (Wildman–Crippen MR) is 155 cm³/mol. The Morgan fingerprint density at radius 1 is 1.07 bits per heavy atom. The molecule has 3 unspecified atom stereocenters. The van der Waals surface area contributed by atoms with Crippen molar-refractivity contribution in [1.29, 1.82) is 0 Å². The first-order chi connectivity index (χ1) is 20.0. The lowest BCUT2D eigenvalue weighted by Gasteiger charge is -2.37. The number of nitrogens with one attached hydrogen (secondary N) is 1. The third kappa shape index (κ3) is 6.29. The molecule has 1 aromatic carbocycles. The molecule has 2 aromatic rings. The van der Waals surface area contributed by atoms with Crippen LogP contribution in [0, 0.1) is 22.0 Å². The number of benzene rings is 1. The number of methoxy groups -OCH3 is 1. The van der Waals surface area contributed by atoms with E-state index in [0.29, 0.717) is 49.1 Å². The van der Waals surface area contributed by atoms with Gasteiger partial charge in [0, 0.05) is 73.6 Å². The van der Waals surface area contributed by atoms with Crippen molar-refractivity contribution >= 4 is 35.1 Å². The molecule has 13 nitrogen and oxygen atoms in total. The molecular weight excluding hydrogens is 542 g/mol. The molecule has 3 heterocycles. The van der Waals surface area contributed by atoms with Gasteiger partial charge in [-0.25, -0.2) is 9.97 Å². The number of nitro benzene ring substituents is 1. The van der Waals surface area contributed by atoms with Gasteiger partial charge in [0.05, 0.1) is 12.0 Å². The van der Waals surface area contributed by atoms with E-state index in [-0.39, 0.29) is 23.1 Å². The van der Waals surface area contributed by atoms with Crippen LogP contribution in [-0.2, 0) is 19.1 Å². The second-order valence-corrected chi connectivity index (χ2v) is 10.6. The predicted octanol–water partition coefficient (Wildman–Crippen LogP) is 2.50. The molecule has 4 rings (SSSR count). The van der Waals surface area contributed by atoms with Crippen molar-refractivity contribution in [3.63, 3.8) is 0 Å². The number of hydrogen-bond acceptors (Lipinski definition) is 10. The van der Waals surface area contributed by atoms with Crippen LogP contribution < -0.4 is 10.2 Å². The Hall–Kier alpha value is -4.68. The number of rotatable bonds is 8. The number of non-ortho nitro benzene ring substituents is 1. The van der Waals surface area contributed by atoms with E-state index in [1.807, 2.05) is 18.7 Å². The smallest absolute Gasteiger partial charge is 0.315 e. The van der Waals surface area contributed by atoms with Gasteiger partial charge >= 0.3 is 5.97 Å². The van der Waals surface area contributed by atoms with Gasteiger partial charge in [-0.3, -0.25) is 29.5 Å². The molecule has 2 aliphatic heterocycles. The van der Waals surface area contributed by atoms with Crippen molar-refractivity contribution in [2.45, 2.75) is 39.7 Å². The van der Waals surface area contributed by atoms with E-state index in [1.165, 1.54) is 25.3 Å². The highest BCUT2D eigenvalue weighted by Gasteiger charge is 2.43. The Kier molecular flexibility index (Phi) is 9.28. The summed E-state index contributed by atoms with van der Waals surface area (Å²) in [6.45, 7) is 8.94. The number of amides is 2. The molecule has 0 saturated carbocycles. The van der Waals surface area contributed by atoms with Crippen LogP contribution in [0.3, 0.4) is 0 Å². The summed E-state index contributed by atoms with van der Waals surface area (Å²) in [5, 5.41) is 14.4. The molecule has 2 aliphatic rings. The average Bonchev–Trinajstić information content (AvgIpc) is 2.99. The van der Waals surface area contributed by atoms with E-state index in [2.05, 4.69) is 20.3 Å². The summed E-state index contributed by atoms with van der Waals surface area (Å²) in [5.74, 6) is -2.97. The van der Waals surface area contributed by atoms with E-state index in [9.17, 15) is 24.5 Å². The molecule has 1 aromatic heterocycles. The number of nitrogens with zero attached hydrogens (tertiary/aromatic N) is 6. The average molecular weight is 578 g/mol. The van der Waals surface area contributed by atoms with Gasteiger partial charge < -0.3 is 19.9 Å². The van der Waals surface area contributed by atoms with E-state index in [4.69, 9.17) is 4.74 Å². The first-order valence-electron chi connectivity index (χ1n) is 13.7. The summed E-state index contributed by atoms with van der Waals surface area (Å²) in [6.07, 6.45) is 3.34. The van der Waals surface area contributed by atoms with Gasteiger partial charge in [0.2, 0.25) is 17.8 Å². The number of anilines is 1.